The summed E-state index contributed by atoms with van der Waals surface area (Å²) in [4.78, 5) is 19.9. The number of nitrogens with zero attached hydrogens (tertiary/aromatic N) is 5. The summed E-state index contributed by atoms with van der Waals surface area (Å²) in [6.07, 6.45) is 3.09. The molecule has 0 aliphatic carbocycles. The second-order valence-corrected chi connectivity index (χ2v) is 7.90. The van der Waals surface area contributed by atoms with E-state index in [2.05, 4.69) is 35.5 Å². The summed E-state index contributed by atoms with van der Waals surface area (Å²) >= 11 is -0.793. The lowest BCUT2D eigenvalue weighted by molar-refractivity contribution is 0.311. The van der Waals surface area contributed by atoms with Gasteiger partial charge in [-0.05, 0) is 12.1 Å². The van der Waals surface area contributed by atoms with E-state index < -0.39 is 11.2 Å². The van der Waals surface area contributed by atoms with Crippen LogP contribution in [0.15, 0.2) is 29.1 Å². The fourth-order valence-electron chi connectivity index (χ4n) is 2.96. The highest BCUT2D eigenvalue weighted by molar-refractivity contribution is 7.91. The monoisotopic (exact) mass is 403 g/mol. The summed E-state index contributed by atoms with van der Waals surface area (Å²) in [7, 11) is 0. The number of furan rings is 1. The average Bonchev–Trinajstić information content (AvgIpc) is 3.24. The van der Waals surface area contributed by atoms with E-state index in [9.17, 15) is 4.55 Å². The number of hydrogen-bond donors (Lipinski definition) is 3. The third kappa shape index (κ3) is 4.11. The lowest BCUT2D eigenvalue weighted by Crippen LogP contribution is -2.41. The Kier molecular flexibility index (Phi) is 5.74. The Morgan fingerprint density at radius 1 is 1.18 bits per heavy atom. The SMILES string of the molecule is [O-][S+]1CCN(c2nc(NCCO)nc3c(NCc4ccco4)ncnc23)CC1. The van der Waals surface area contributed by atoms with Crippen LogP contribution in [-0.2, 0) is 17.7 Å². The van der Waals surface area contributed by atoms with Crippen LogP contribution in [0.3, 0.4) is 0 Å². The van der Waals surface area contributed by atoms with Gasteiger partial charge in [0.25, 0.3) is 0 Å². The van der Waals surface area contributed by atoms with Crippen molar-refractivity contribution in [2.45, 2.75) is 6.54 Å². The normalized spacial score (nSPS) is 15.1. The van der Waals surface area contributed by atoms with E-state index in [1.165, 1.54) is 6.33 Å². The first-order valence-electron chi connectivity index (χ1n) is 8.98. The van der Waals surface area contributed by atoms with Crippen molar-refractivity contribution >= 4 is 39.8 Å². The predicted octanol–water partition coefficient (Wildman–Crippen LogP) is 0.598. The molecule has 10 nitrogen and oxygen atoms in total. The molecule has 0 amide bonds. The molecular weight excluding hydrogens is 382 g/mol. The number of anilines is 3. The second-order valence-electron chi connectivity index (χ2n) is 6.21. The molecule has 11 heteroatoms. The van der Waals surface area contributed by atoms with Crippen molar-refractivity contribution in [3.8, 4) is 0 Å². The third-order valence-electron chi connectivity index (χ3n) is 4.35. The van der Waals surface area contributed by atoms with Crippen molar-refractivity contribution < 1.29 is 14.1 Å². The average molecular weight is 403 g/mol. The number of nitrogens with one attached hydrogen (secondary N) is 2. The fourth-order valence-corrected chi connectivity index (χ4v) is 4.01. The molecule has 1 aliphatic rings. The molecule has 148 valence electrons. The van der Waals surface area contributed by atoms with Crippen LogP contribution in [0, 0.1) is 0 Å². The zero-order valence-electron chi connectivity index (χ0n) is 15.2. The van der Waals surface area contributed by atoms with Crippen LogP contribution in [0.1, 0.15) is 5.76 Å². The summed E-state index contributed by atoms with van der Waals surface area (Å²) in [5, 5.41) is 15.4. The van der Waals surface area contributed by atoms with Gasteiger partial charge in [0.2, 0.25) is 5.95 Å². The number of aliphatic hydroxyl groups excluding tert-OH is 1. The smallest absolute Gasteiger partial charge is 0.225 e. The number of fused-ring (bicyclic) bond motifs is 1. The maximum Gasteiger partial charge on any atom is 0.225 e. The zero-order chi connectivity index (χ0) is 19.3. The van der Waals surface area contributed by atoms with Crippen molar-refractivity contribution in [3.05, 3.63) is 30.5 Å². The Labute approximate surface area is 164 Å². The highest BCUT2D eigenvalue weighted by Gasteiger charge is 2.24. The number of rotatable bonds is 7. The largest absolute Gasteiger partial charge is 0.616 e. The molecule has 1 saturated heterocycles. The van der Waals surface area contributed by atoms with Crippen molar-refractivity contribution in [3.63, 3.8) is 0 Å². The molecule has 0 aromatic carbocycles. The van der Waals surface area contributed by atoms with Gasteiger partial charge in [0.15, 0.2) is 11.6 Å². The highest BCUT2D eigenvalue weighted by atomic mass is 32.2. The van der Waals surface area contributed by atoms with Crippen LogP contribution in [0.5, 0.6) is 0 Å². The van der Waals surface area contributed by atoms with Crippen molar-refractivity contribution in [2.75, 3.05) is 53.3 Å². The molecule has 4 rings (SSSR count). The lowest BCUT2D eigenvalue weighted by Gasteiger charge is -2.29. The Morgan fingerprint density at radius 3 is 2.79 bits per heavy atom. The van der Waals surface area contributed by atoms with E-state index in [-0.39, 0.29) is 6.61 Å². The summed E-state index contributed by atoms with van der Waals surface area (Å²) in [5.41, 5.74) is 1.20. The second kappa shape index (κ2) is 8.59. The third-order valence-corrected chi connectivity index (χ3v) is 5.62. The Bertz CT molecular complexity index is 917. The van der Waals surface area contributed by atoms with Gasteiger partial charge in [0.05, 0.1) is 32.5 Å². The van der Waals surface area contributed by atoms with Gasteiger partial charge in [0, 0.05) is 6.54 Å². The minimum absolute atomic E-state index is 0.0334. The van der Waals surface area contributed by atoms with E-state index in [0.717, 1.165) is 5.76 Å². The van der Waals surface area contributed by atoms with Crippen LogP contribution in [-0.4, -0.2) is 67.3 Å². The molecule has 1 aliphatic heterocycles. The van der Waals surface area contributed by atoms with Crippen LogP contribution in [0.2, 0.25) is 0 Å². The maximum atomic E-state index is 11.7. The van der Waals surface area contributed by atoms with Gasteiger partial charge in [-0.1, -0.05) is 11.2 Å². The molecule has 0 atom stereocenters. The summed E-state index contributed by atoms with van der Waals surface area (Å²) < 4.78 is 17.1. The minimum atomic E-state index is -0.793. The van der Waals surface area contributed by atoms with Crippen molar-refractivity contribution in [1.29, 1.82) is 0 Å². The minimum Gasteiger partial charge on any atom is -0.616 e. The van der Waals surface area contributed by atoms with Gasteiger partial charge in [-0.25, -0.2) is 15.0 Å². The summed E-state index contributed by atoms with van der Waals surface area (Å²) in [6, 6.07) is 3.70. The van der Waals surface area contributed by atoms with Crippen LogP contribution in [0.4, 0.5) is 17.6 Å². The lowest BCUT2D eigenvalue weighted by atomic mass is 10.3. The molecule has 3 aromatic rings. The number of aliphatic hydroxyl groups is 1. The molecule has 28 heavy (non-hydrogen) atoms. The summed E-state index contributed by atoms with van der Waals surface area (Å²) in [5.74, 6) is 3.60. The van der Waals surface area contributed by atoms with Gasteiger partial charge >= 0.3 is 0 Å². The van der Waals surface area contributed by atoms with E-state index in [0.29, 0.717) is 66.3 Å². The van der Waals surface area contributed by atoms with E-state index in [1.807, 2.05) is 12.1 Å². The van der Waals surface area contributed by atoms with E-state index in [1.54, 1.807) is 6.26 Å². The predicted molar refractivity (Wildman–Crippen MR) is 107 cm³/mol. The highest BCUT2D eigenvalue weighted by Crippen LogP contribution is 2.28. The quantitative estimate of drug-likeness (QED) is 0.481. The van der Waals surface area contributed by atoms with E-state index in [4.69, 9.17) is 9.52 Å². The first kappa shape index (κ1) is 18.7. The van der Waals surface area contributed by atoms with Crippen molar-refractivity contribution in [1.82, 2.24) is 19.9 Å². The van der Waals surface area contributed by atoms with Crippen molar-refractivity contribution in [2.24, 2.45) is 0 Å². The number of aromatic nitrogens is 4. The molecule has 0 spiro atoms. The Balaban J connectivity index is 1.71. The van der Waals surface area contributed by atoms with Gasteiger partial charge in [0.1, 0.15) is 34.6 Å². The van der Waals surface area contributed by atoms with Crippen LogP contribution in [0.25, 0.3) is 11.0 Å². The van der Waals surface area contributed by atoms with Gasteiger partial charge in [-0.2, -0.15) is 4.98 Å². The molecule has 4 heterocycles. The van der Waals surface area contributed by atoms with Gasteiger partial charge < -0.3 is 29.6 Å². The Morgan fingerprint density at radius 2 is 2.04 bits per heavy atom. The summed E-state index contributed by atoms with van der Waals surface area (Å²) in [6.45, 7) is 2.03. The Hall–Kier alpha value is -2.63. The van der Waals surface area contributed by atoms with Crippen LogP contribution >= 0.6 is 0 Å². The fraction of sp³-hybridized carbons (Fsp3) is 0.412. The zero-order valence-corrected chi connectivity index (χ0v) is 16.0. The van der Waals surface area contributed by atoms with E-state index >= 15 is 0 Å². The molecule has 0 radical (unpaired) electrons. The molecule has 0 saturated carbocycles. The molecule has 1 fully saturated rings. The van der Waals surface area contributed by atoms with Gasteiger partial charge in [-0.15, -0.1) is 0 Å². The van der Waals surface area contributed by atoms with Crippen LogP contribution < -0.4 is 15.5 Å². The molecule has 0 bridgehead atoms. The maximum absolute atomic E-state index is 11.7. The molecule has 3 aromatic heterocycles. The molecular formula is C17H21N7O3S. The standard InChI is InChI=1S/C17H21N7O3S/c25-6-3-18-17-22-13-14(16(23-17)24-4-8-28(26)9-5-24)20-11-21-15(13)19-10-12-2-1-7-27-12/h1-2,7,11,25H,3-6,8-10H2,(H,18,22,23)(H,19,20,21). The topological polar surface area (TPSA) is 135 Å². The molecule has 0 unspecified atom stereocenters. The number of hydrogen-bond acceptors (Lipinski definition) is 10. The first-order valence-corrected chi connectivity index (χ1v) is 10.5. The van der Waals surface area contributed by atoms with Gasteiger partial charge in [-0.3, -0.25) is 0 Å². The molecule has 3 N–H and O–H groups in total. The first-order chi connectivity index (χ1) is 13.7.